The van der Waals surface area contributed by atoms with Crippen LogP contribution in [-0.2, 0) is 16.1 Å². The predicted molar refractivity (Wildman–Crippen MR) is 75.7 cm³/mol. The molecule has 0 atom stereocenters. The Morgan fingerprint density at radius 3 is 2.71 bits per heavy atom. The van der Waals surface area contributed by atoms with Crippen LogP contribution in [0.1, 0.15) is 29.8 Å². The predicted octanol–water partition coefficient (Wildman–Crippen LogP) is -0.473. The summed E-state index contributed by atoms with van der Waals surface area (Å²) in [6, 6.07) is 6.95. The van der Waals surface area contributed by atoms with Crippen LogP contribution in [0.5, 0.6) is 0 Å². The molecule has 0 bridgehead atoms. The number of nitrogens with one attached hydrogen (secondary N) is 2. The first-order valence-corrected chi connectivity index (χ1v) is 6.54. The maximum absolute atomic E-state index is 11.9. The van der Waals surface area contributed by atoms with E-state index in [4.69, 9.17) is 5.84 Å². The maximum Gasteiger partial charge on any atom is 0.265 e. The number of benzene rings is 1. The highest BCUT2D eigenvalue weighted by Gasteiger charge is 2.40. The minimum Gasteiger partial charge on any atom is -0.294 e. The zero-order chi connectivity index (χ0) is 15.6. The van der Waals surface area contributed by atoms with Gasteiger partial charge in [0.2, 0.25) is 11.8 Å². The summed E-state index contributed by atoms with van der Waals surface area (Å²) < 4.78 is 0. The van der Waals surface area contributed by atoms with Crippen LogP contribution in [0.25, 0.3) is 0 Å². The van der Waals surface area contributed by atoms with Crippen molar-refractivity contribution in [3.05, 3.63) is 35.4 Å². The largest absolute Gasteiger partial charge is 0.294 e. The molecular formula is C14H18N4O3. The molecule has 21 heavy (non-hydrogen) atoms. The second-order valence-corrected chi connectivity index (χ2v) is 5.42. The molecule has 1 aliphatic rings. The number of nitrogens with two attached hydrogens (primary N) is 1. The SMILES string of the molecule is CC1(C)C(=O)NC(=O)CN1Cc1ccccc1C(=O)NN. The monoisotopic (exact) mass is 290 g/mol. The van der Waals surface area contributed by atoms with Crippen LogP contribution < -0.4 is 16.6 Å². The van der Waals surface area contributed by atoms with Crippen LogP contribution in [0, 0.1) is 0 Å². The lowest BCUT2D eigenvalue weighted by Gasteiger charge is -2.40. The fourth-order valence-corrected chi connectivity index (χ4v) is 2.25. The van der Waals surface area contributed by atoms with Crippen LogP contribution in [-0.4, -0.2) is 34.7 Å². The van der Waals surface area contributed by atoms with Gasteiger partial charge in [-0.1, -0.05) is 18.2 Å². The zero-order valence-electron chi connectivity index (χ0n) is 12.0. The Balaban J connectivity index is 2.31. The van der Waals surface area contributed by atoms with Crippen molar-refractivity contribution in [2.24, 2.45) is 5.84 Å². The molecule has 1 saturated heterocycles. The van der Waals surface area contributed by atoms with Gasteiger partial charge in [0.1, 0.15) is 0 Å². The number of hydrogen-bond donors (Lipinski definition) is 3. The average molecular weight is 290 g/mol. The third-order valence-corrected chi connectivity index (χ3v) is 3.69. The van der Waals surface area contributed by atoms with E-state index in [-0.39, 0.29) is 18.4 Å². The van der Waals surface area contributed by atoms with Crippen molar-refractivity contribution in [3.8, 4) is 0 Å². The first kappa shape index (κ1) is 15.1. The molecule has 112 valence electrons. The number of carbonyl (C=O) groups excluding carboxylic acids is 3. The highest BCUT2D eigenvalue weighted by atomic mass is 16.2. The summed E-state index contributed by atoms with van der Waals surface area (Å²) in [6.45, 7) is 3.87. The molecule has 0 saturated carbocycles. The van der Waals surface area contributed by atoms with Gasteiger partial charge in [0.15, 0.2) is 0 Å². The van der Waals surface area contributed by atoms with Crippen molar-refractivity contribution < 1.29 is 14.4 Å². The van der Waals surface area contributed by atoms with Crippen LogP contribution in [0.3, 0.4) is 0 Å². The molecule has 1 aliphatic heterocycles. The summed E-state index contributed by atoms with van der Waals surface area (Å²) in [4.78, 5) is 37.0. The molecule has 0 aromatic heterocycles. The van der Waals surface area contributed by atoms with Crippen molar-refractivity contribution in [2.75, 3.05) is 6.54 Å². The van der Waals surface area contributed by atoms with E-state index in [1.807, 2.05) is 0 Å². The van der Waals surface area contributed by atoms with Crippen molar-refractivity contribution >= 4 is 17.7 Å². The van der Waals surface area contributed by atoms with E-state index in [0.717, 1.165) is 0 Å². The normalized spacial score (nSPS) is 18.2. The van der Waals surface area contributed by atoms with Gasteiger partial charge in [-0.25, -0.2) is 5.84 Å². The lowest BCUT2D eigenvalue weighted by molar-refractivity contribution is -0.145. The Bertz CT molecular complexity index is 598. The zero-order valence-corrected chi connectivity index (χ0v) is 12.0. The molecule has 7 heteroatoms. The molecule has 1 aromatic rings. The summed E-state index contributed by atoms with van der Waals surface area (Å²) in [5.41, 5.74) is 2.39. The van der Waals surface area contributed by atoms with Gasteiger partial charge >= 0.3 is 0 Å². The second-order valence-electron chi connectivity index (χ2n) is 5.42. The van der Waals surface area contributed by atoms with Gasteiger partial charge in [-0.2, -0.15) is 0 Å². The number of hydrogen-bond acceptors (Lipinski definition) is 5. The van der Waals surface area contributed by atoms with Crippen molar-refractivity contribution in [1.29, 1.82) is 0 Å². The smallest absolute Gasteiger partial charge is 0.265 e. The molecule has 1 heterocycles. The lowest BCUT2D eigenvalue weighted by atomic mass is 9.96. The van der Waals surface area contributed by atoms with E-state index in [1.165, 1.54) is 0 Å². The van der Waals surface area contributed by atoms with Gasteiger partial charge in [-0.05, 0) is 25.5 Å². The Labute approximate surface area is 122 Å². The molecule has 0 aliphatic carbocycles. The van der Waals surface area contributed by atoms with Gasteiger partial charge in [0, 0.05) is 12.1 Å². The summed E-state index contributed by atoms with van der Waals surface area (Å²) in [7, 11) is 0. The van der Waals surface area contributed by atoms with E-state index in [9.17, 15) is 14.4 Å². The van der Waals surface area contributed by atoms with E-state index in [0.29, 0.717) is 17.7 Å². The number of nitrogen functional groups attached to an aromatic ring is 1. The lowest BCUT2D eigenvalue weighted by Crippen LogP contribution is -2.63. The Morgan fingerprint density at radius 2 is 2.05 bits per heavy atom. The molecule has 4 N–H and O–H groups in total. The number of imide groups is 1. The maximum atomic E-state index is 11.9. The molecule has 1 aromatic carbocycles. The van der Waals surface area contributed by atoms with Crippen molar-refractivity contribution in [3.63, 3.8) is 0 Å². The standard InChI is InChI=1S/C14H18N4O3/c1-14(2)13(21)16-11(19)8-18(14)7-9-5-3-4-6-10(9)12(20)17-15/h3-6H,7-8,15H2,1-2H3,(H,17,20)(H,16,19,21). The third-order valence-electron chi connectivity index (χ3n) is 3.69. The first-order valence-electron chi connectivity index (χ1n) is 6.54. The molecule has 7 nitrogen and oxygen atoms in total. The summed E-state index contributed by atoms with van der Waals surface area (Å²) in [5.74, 6) is 4.07. The van der Waals surface area contributed by atoms with Crippen LogP contribution in [0.2, 0.25) is 0 Å². The topological polar surface area (TPSA) is 105 Å². The van der Waals surface area contributed by atoms with Gasteiger partial charge in [0.05, 0.1) is 12.1 Å². The molecule has 1 fully saturated rings. The molecule has 3 amide bonds. The summed E-state index contributed by atoms with van der Waals surface area (Å²) >= 11 is 0. The summed E-state index contributed by atoms with van der Waals surface area (Å²) in [5, 5.41) is 2.32. The molecule has 0 spiro atoms. The van der Waals surface area contributed by atoms with Crippen molar-refractivity contribution in [1.82, 2.24) is 15.6 Å². The summed E-state index contributed by atoms with van der Waals surface area (Å²) in [6.07, 6.45) is 0. The number of rotatable bonds is 3. The van der Waals surface area contributed by atoms with E-state index >= 15 is 0 Å². The molecule has 0 radical (unpaired) electrons. The van der Waals surface area contributed by atoms with Crippen LogP contribution in [0.15, 0.2) is 24.3 Å². The second kappa shape index (κ2) is 5.63. The third kappa shape index (κ3) is 2.93. The van der Waals surface area contributed by atoms with Gasteiger partial charge in [-0.3, -0.25) is 30.0 Å². The van der Waals surface area contributed by atoms with Gasteiger partial charge in [0.25, 0.3) is 5.91 Å². The van der Waals surface area contributed by atoms with Gasteiger partial charge < -0.3 is 0 Å². The fraction of sp³-hybridized carbons (Fsp3) is 0.357. The molecule has 2 rings (SSSR count). The van der Waals surface area contributed by atoms with Gasteiger partial charge in [-0.15, -0.1) is 0 Å². The highest BCUT2D eigenvalue weighted by molar-refractivity contribution is 6.03. The molecular weight excluding hydrogens is 272 g/mol. The number of amides is 3. The Kier molecular flexibility index (Phi) is 4.06. The quantitative estimate of drug-likeness (QED) is 0.302. The molecule has 0 unspecified atom stereocenters. The van der Waals surface area contributed by atoms with Crippen LogP contribution >= 0.6 is 0 Å². The van der Waals surface area contributed by atoms with Crippen molar-refractivity contribution in [2.45, 2.75) is 25.9 Å². The number of carbonyl (C=O) groups is 3. The fourth-order valence-electron chi connectivity index (χ4n) is 2.25. The Hall–Kier alpha value is -2.25. The first-order chi connectivity index (χ1) is 9.86. The number of piperazine rings is 1. The van der Waals surface area contributed by atoms with E-state index in [2.05, 4.69) is 10.7 Å². The van der Waals surface area contributed by atoms with E-state index in [1.54, 1.807) is 43.0 Å². The van der Waals surface area contributed by atoms with E-state index < -0.39 is 11.4 Å². The Morgan fingerprint density at radius 1 is 1.38 bits per heavy atom. The average Bonchev–Trinajstić information content (AvgIpc) is 2.44. The van der Waals surface area contributed by atoms with Crippen LogP contribution in [0.4, 0.5) is 0 Å². The highest BCUT2D eigenvalue weighted by Crippen LogP contribution is 2.22. The number of hydrazine groups is 1. The number of nitrogens with zero attached hydrogens (tertiary/aromatic N) is 1. The minimum absolute atomic E-state index is 0.0946. The minimum atomic E-state index is -0.833.